The summed E-state index contributed by atoms with van der Waals surface area (Å²) in [7, 11) is 0. The predicted octanol–water partition coefficient (Wildman–Crippen LogP) is 3.64. The van der Waals surface area contributed by atoms with Crippen LogP contribution in [0.25, 0.3) is 5.69 Å². The fraction of sp³-hybridized carbons (Fsp3) is 0.312. The lowest BCUT2D eigenvalue weighted by atomic mass is 9.49. The maximum Gasteiger partial charge on any atom is 0.352 e. The first-order valence-corrected chi connectivity index (χ1v) is 13.8. The smallest absolute Gasteiger partial charge is 0.352 e. The number of allylic oxidation sites excluding steroid dienone is 5. The number of hydrogen-bond donors (Lipinski definition) is 1. The molecule has 1 saturated carbocycles. The van der Waals surface area contributed by atoms with Gasteiger partial charge >= 0.3 is 11.4 Å². The molecule has 1 fully saturated rings. The van der Waals surface area contributed by atoms with Gasteiger partial charge in [-0.2, -0.15) is 0 Å². The number of rotatable bonds is 2. The van der Waals surface area contributed by atoms with Crippen LogP contribution < -0.4 is 16.1 Å². The number of benzene rings is 2. The van der Waals surface area contributed by atoms with E-state index < -0.39 is 34.7 Å². The van der Waals surface area contributed by atoms with Crippen LogP contribution in [0.3, 0.4) is 0 Å². The van der Waals surface area contributed by atoms with Crippen LogP contribution in [0.5, 0.6) is 11.5 Å². The van der Waals surface area contributed by atoms with Gasteiger partial charge in [-0.05, 0) is 72.9 Å². The van der Waals surface area contributed by atoms with Crippen molar-refractivity contribution >= 4 is 11.6 Å². The lowest BCUT2D eigenvalue weighted by molar-refractivity contribution is -0.142. The Bertz CT molecular complexity index is 1890. The Morgan fingerprint density at radius 1 is 0.976 bits per heavy atom. The van der Waals surface area contributed by atoms with Crippen molar-refractivity contribution in [1.82, 2.24) is 13.9 Å². The number of hydrogen-bond acceptors (Lipinski definition) is 6. The molecule has 2 aliphatic carbocycles. The van der Waals surface area contributed by atoms with Gasteiger partial charge < -0.3 is 9.84 Å². The van der Waals surface area contributed by atoms with E-state index in [0.717, 1.165) is 21.3 Å². The molecule has 4 aliphatic rings. The summed E-state index contributed by atoms with van der Waals surface area (Å²) in [5.74, 6) is -0.751. The molecule has 0 spiro atoms. The van der Waals surface area contributed by atoms with Gasteiger partial charge in [0.25, 0.3) is 0 Å². The van der Waals surface area contributed by atoms with E-state index in [0.29, 0.717) is 29.0 Å². The number of aromatic nitrogens is 3. The van der Waals surface area contributed by atoms with E-state index in [-0.39, 0.29) is 30.3 Å². The summed E-state index contributed by atoms with van der Waals surface area (Å²) in [6.07, 6.45) is 4.20. The molecule has 2 aromatic carbocycles. The van der Waals surface area contributed by atoms with Gasteiger partial charge in [-0.3, -0.25) is 9.59 Å². The van der Waals surface area contributed by atoms with Crippen LogP contribution in [0.2, 0.25) is 0 Å². The Labute approximate surface area is 235 Å². The topological polar surface area (TPSA) is 113 Å². The normalized spacial score (nSPS) is 26.8. The van der Waals surface area contributed by atoms with Crippen molar-refractivity contribution in [3.05, 3.63) is 110 Å². The monoisotopic (exact) mass is 551 g/mol. The zero-order valence-corrected chi connectivity index (χ0v) is 23.0. The third-order valence-electron chi connectivity index (χ3n) is 9.59. The third kappa shape index (κ3) is 3.35. The summed E-state index contributed by atoms with van der Waals surface area (Å²) in [6.45, 7) is 5.40. The van der Waals surface area contributed by atoms with Crippen molar-refractivity contribution in [2.24, 2.45) is 17.3 Å². The molecule has 4 atom stereocenters. The molecule has 2 aliphatic heterocycles. The van der Waals surface area contributed by atoms with Crippen LogP contribution in [0.15, 0.2) is 92.8 Å². The second-order valence-corrected chi connectivity index (χ2v) is 11.6. The van der Waals surface area contributed by atoms with Crippen molar-refractivity contribution < 1.29 is 19.4 Å². The Hall–Kier alpha value is -4.66. The number of carbonyl (C=O) groups excluding carboxylic acids is 2. The number of carbonyl (C=O) groups is 2. The second-order valence-electron chi connectivity index (χ2n) is 11.6. The summed E-state index contributed by atoms with van der Waals surface area (Å²) in [5.41, 5.74) is 1.68. The Morgan fingerprint density at radius 2 is 1.73 bits per heavy atom. The van der Waals surface area contributed by atoms with Crippen molar-refractivity contribution in [1.29, 1.82) is 0 Å². The van der Waals surface area contributed by atoms with Gasteiger partial charge in [0.1, 0.15) is 11.5 Å². The predicted molar refractivity (Wildman–Crippen MR) is 150 cm³/mol. The van der Waals surface area contributed by atoms with Crippen molar-refractivity contribution in [3.8, 4) is 17.2 Å². The second kappa shape index (κ2) is 8.67. The number of aromatic hydroxyl groups is 1. The van der Waals surface area contributed by atoms with Crippen LogP contribution >= 0.6 is 0 Å². The van der Waals surface area contributed by atoms with Crippen LogP contribution in [-0.4, -0.2) is 30.6 Å². The van der Waals surface area contributed by atoms with Gasteiger partial charge in [0.2, 0.25) is 0 Å². The van der Waals surface area contributed by atoms with Crippen molar-refractivity contribution in [2.75, 3.05) is 0 Å². The van der Waals surface area contributed by atoms with E-state index in [4.69, 9.17) is 4.74 Å². The summed E-state index contributed by atoms with van der Waals surface area (Å²) in [5, 5.41) is 10.1. The van der Waals surface area contributed by atoms with E-state index in [1.54, 1.807) is 62.6 Å². The average Bonchev–Trinajstić information content (AvgIpc) is 3.23. The highest BCUT2D eigenvalue weighted by Crippen LogP contribution is 2.59. The van der Waals surface area contributed by atoms with E-state index in [9.17, 15) is 24.3 Å². The van der Waals surface area contributed by atoms with E-state index >= 15 is 0 Å². The highest BCUT2D eigenvalue weighted by Gasteiger charge is 2.61. The molecule has 1 N–H and O–H groups in total. The Morgan fingerprint density at radius 3 is 2.49 bits per heavy atom. The summed E-state index contributed by atoms with van der Waals surface area (Å²) >= 11 is 0. The summed E-state index contributed by atoms with van der Waals surface area (Å²) in [6, 6.07) is 13.1. The Balaban J connectivity index is 1.43. The number of nitrogens with zero attached hydrogens (tertiary/aromatic N) is 3. The standard InChI is InChI=1S/C32H29N3O6/c1-17-18(2)29(38)32(3)24(28(17)37)15-25-23(27(32)20-13-19-14-22(36)9-10-26(19)41-16-20)11-12-33-30(39)34(31(40)35(25)33)21-7-5-4-6-8-21/h4-11,14,16,24-25,27,36H,12-13,15H2,1-3H3/t24-,25+,27-,32+/m0/s1. The molecule has 1 aromatic heterocycles. The zero-order chi connectivity index (χ0) is 28.8. The minimum atomic E-state index is -1.11. The molecule has 0 bridgehead atoms. The molecule has 3 heterocycles. The van der Waals surface area contributed by atoms with Gasteiger partial charge in [0.15, 0.2) is 11.6 Å². The molecule has 3 aromatic rings. The number of phenolic OH excluding ortho intramolecular Hbond substituents is 1. The number of ketones is 2. The number of phenols is 1. The van der Waals surface area contributed by atoms with Gasteiger partial charge in [0, 0.05) is 23.8 Å². The number of fused-ring (bicyclic) bond motifs is 5. The van der Waals surface area contributed by atoms with Gasteiger partial charge in [0.05, 0.1) is 30.0 Å². The molecule has 0 amide bonds. The van der Waals surface area contributed by atoms with E-state index in [1.807, 2.05) is 19.1 Å². The summed E-state index contributed by atoms with van der Waals surface area (Å²) < 4.78 is 10.0. The first-order chi connectivity index (χ1) is 19.6. The molecule has 7 rings (SSSR count). The first-order valence-electron chi connectivity index (χ1n) is 13.8. The highest BCUT2D eigenvalue weighted by molar-refractivity contribution is 6.15. The molecule has 0 radical (unpaired) electrons. The van der Waals surface area contributed by atoms with Crippen molar-refractivity contribution in [2.45, 2.75) is 46.2 Å². The molecule has 208 valence electrons. The minimum absolute atomic E-state index is 0.0938. The fourth-order valence-electron chi connectivity index (χ4n) is 7.47. The van der Waals surface area contributed by atoms with Gasteiger partial charge in [-0.25, -0.2) is 23.5 Å². The molecule has 9 heteroatoms. The molecule has 41 heavy (non-hydrogen) atoms. The lowest BCUT2D eigenvalue weighted by Gasteiger charge is -2.53. The zero-order valence-electron chi connectivity index (χ0n) is 23.0. The molecule has 0 saturated heterocycles. The Kier molecular flexibility index (Phi) is 5.35. The maximum atomic E-state index is 14.1. The average molecular weight is 552 g/mol. The minimum Gasteiger partial charge on any atom is -0.508 e. The lowest BCUT2D eigenvalue weighted by Crippen LogP contribution is -2.57. The van der Waals surface area contributed by atoms with Crippen LogP contribution in [0, 0.1) is 17.3 Å². The third-order valence-corrected chi connectivity index (χ3v) is 9.59. The number of para-hydroxylation sites is 1. The molecule has 0 unspecified atom stereocenters. The van der Waals surface area contributed by atoms with E-state index in [2.05, 4.69) is 0 Å². The number of ether oxygens (including phenoxy) is 1. The molecular formula is C32H29N3O6. The van der Waals surface area contributed by atoms with Crippen LogP contribution in [0.4, 0.5) is 0 Å². The first kappa shape index (κ1) is 25.3. The van der Waals surface area contributed by atoms with Crippen LogP contribution in [-0.2, 0) is 22.6 Å². The molecule has 9 nitrogen and oxygen atoms in total. The molecular weight excluding hydrogens is 522 g/mol. The van der Waals surface area contributed by atoms with E-state index in [1.165, 1.54) is 9.36 Å². The maximum absolute atomic E-state index is 14.1. The number of Topliss-reactive ketones (excluding diaryl/α,β-unsaturated/α-hetero) is 2. The largest absolute Gasteiger partial charge is 0.508 e. The quantitative estimate of drug-likeness (QED) is 0.487. The highest BCUT2D eigenvalue weighted by atomic mass is 16.5. The van der Waals surface area contributed by atoms with Gasteiger partial charge in [-0.1, -0.05) is 31.2 Å². The fourth-order valence-corrected chi connectivity index (χ4v) is 7.47. The SMILES string of the molecule is CC1=C(C)C(=O)[C@@]2(C)[C@@H](C3=COc4ccc(O)cc4C3)C3=CCn4c(=O)n(-c5ccccc5)c(=O)n4[C@@H]3C[C@H]2C1=O. The van der Waals surface area contributed by atoms with Crippen LogP contribution in [0.1, 0.15) is 38.8 Å². The van der Waals surface area contributed by atoms with Gasteiger partial charge in [-0.15, -0.1) is 0 Å². The van der Waals surface area contributed by atoms with Crippen molar-refractivity contribution in [3.63, 3.8) is 0 Å². The summed E-state index contributed by atoms with van der Waals surface area (Å²) in [4.78, 5) is 55.5.